The van der Waals surface area contributed by atoms with E-state index in [0.717, 1.165) is 16.1 Å². The quantitative estimate of drug-likeness (QED) is 0.554. The van der Waals surface area contributed by atoms with Gasteiger partial charge >= 0.3 is 0 Å². The molecular formula is C24H27N5O4S. The number of ether oxygens (including phenoxy) is 2. The van der Waals surface area contributed by atoms with Crippen LogP contribution in [0.1, 0.15) is 15.9 Å². The van der Waals surface area contributed by atoms with Gasteiger partial charge in [0.15, 0.2) is 0 Å². The number of benzene rings is 2. The van der Waals surface area contributed by atoms with Gasteiger partial charge in [-0.2, -0.15) is 0 Å². The molecule has 0 bridgehead atoms. The minimum atomic E-state index is -0.148. The largest absolute Gasteiger partial charge is 0.497 e. The van der Waals surface area contributed by atoms with Crippen molar-refractivity contribution in [1.82, 2.24) is 20.0 Å². The fraction of sp³-hybridized carbons (Fsp3) is 0.333. The summed E-state index contributed by atoms with van der Waals surface area (Å²) in [7, 11) is 3.11. The van der Waals surface area contributed by atoms with Gasteiger partial charge in [0.1, 0.15) is 16.5 Å². The molecule has 34 heavy (non-hydrogen) atoms. The first-order chi connectivity index (χ1) is 16.5. The molecular weight excluding hydrogens is 454 g/mol. The maximum Gasteiger partial charge on any atom is 0.254 e. The van der Waals surface area contributed by atoms with Crippen molar-refractivity contribution in [3.63, 3.8) is 0 Å². The lowest BCUT2D eigenvalue weighted by molar-refractivity contribution is -0.117. The Morgan fingerprint density at radius 2 is 1.68 bits per heavy atom. The number of piperazine rings is 1. The third-order valence-electron chi connectivity index (χ3n) is 5.67. The van der Waals surface area contributed by atoms with E-state index in [9.17, 15) is 9.59 Å². The molecule has 4 rings (SSSR count). The summed E-state index contributed by atoms with van der Waals surface area (Å²) in [4.78, 5) is 29.3. The van der Waals surface area contributed by atoms with Crippen LogP contribution in [-0.2, 0) is 4.79 Å². The van der Waals surface area contributed by atoms with Crippen LogP contribution in [0.25, 0.3) is 10.6 Å². The topological polar surface area (TPSA) is 96.9 Å². The number of rotatable bonds is 7. The Labute approximate surface area is 202 Å². The second kappa shape index (κ2) is 10.6. The normalized spacial score (nSPS) is 14.0. The van der Waals surface area contributed by atoms with Crippen molar-refractivity contribution in [2.75, 3.05) is 52.3 Å². The average Bonchev–Trinajstić information content (AvgIpc) is 3.31. The van der Waals surface area contributed by atoms with Crippen molar-refractivity contribution in [3.05, 3.63) is 53.6 Å². The van der Waals surface area contributed by atoms with Crippen LogP contribution in [0.5, 0.6) is 11.5 Å². The van der Waals surface area contributed by atoms with E-state index in [4.69, 9.17) is 9.47 Å². The number of hydrogen-bond donors (Lipinski definition) is 1. The first-order valence-electron chi connectivity index (χ1n) is 10.9. The van der Waals surface area contributed by atoms with Gasteiger partial charge in [0.25, 0.3) is 5.91 Å². The van der Waals surface area contributed by atoms with Crippen molar-refractivity contribution in [2.45, 2.75) is 6.92 Å². The zero-order chi connectivity index (χ0) is 24.1. The molecule has 178 valence electrons. The van der Waals surface area contributed by atoms with Crippen LogP contribution in [0.4, 0.5) is 5.13 Å². The highest BCUT2D eigenvalue weighted by molar-refractivity contribution is 7.18. The van der Waals surface area contributed by atoms with Crippen molar-refractivity contribution < 1.29 is 19.1 Å². The number of nitrogens with zero attached hydrogens (tertiary/aromatic N) is 4. The summed E-state index contributed by atoms with van der Waals surface area (Å²) in [6.07, 6.45) is 0. The van der Waals surface area contributed by atoms with Gasteiger partial charge in [-0.3, -0.25) is 19.8 Å². The van der Waals surface area contributed by atoms with Gasteiger partial charge in [0, 0.05) is 43.4 Å². The number of carbonyl (C=O) groups excluding carboxylic acids is 2. The number of aryl methyl sites for hydroxylation is 1. The maximum absolute atomic E-state index is 13.0. The Morgan fingerprint density at radius 3 is 2.32 bits per heavy atom. The molecule has 0 saturated carbocycles. The van der Waals surface area contributed by atoms with Crippen molar-refractivity contribution >= 4 is 28.3 Å². The van der Waals surface area contributed by atoms with Crippen molar-refractivity contribution in [2.24, 2.45) is 0 Å². The molecule has 1 aliphatic heterocycles. The molecule has 1 aliphatic rings. The molecule has 1 fully saturated rings. The Morgan fingerprint density at radius 1 is 1.00 bits per heavy atom. The third-order valence-corrected chi connectivity index (χ3v) is 6.54. The second-order valence-electron chi connectivity index (χ2n) is 7.95. The van der Waals surface area contributed by atoms with E-state index in [1.165, 1.54) is 11.3 Å². The third kappa shape index (κ3) is 5.52. The molecule has 0 spiro atoms. The molecule has 0 unspecified atom stereocenters. The molecule has 0 radical (unpaired) electrons. The smallest absolute Gasteiger partial charge is 0.254 e. The van der Waals surface area contributed by atoms with Crippen LogP contribution >= 0.6 is 11.3 Å². The molecule has 2 heterocycles. The van der Waals surface area contributed by atoms with E-state index in [-0.39, 0.29) is 18.4 Å². The molecule has 10 heteroatoms. The maximum atomic E-state index is 13.0. The summed E-state index contributed by atoms with van der Waals surface area (Å²) < 4.78 is 10.5. The molecule has 1 aromatic heterocycles. The lowest BCUT2D eigenvalue weighted by Gasteiger charge is -2.34. The number of hydrogen-bond acceptors (Lipinski definition) is 8. The SMILES string of the molecule is COc1cc(OC)cc(C(=O)N2CCN(CC(=O)Nc3nnc(-c4ccccc4C)s3)CC2)c1. The van der Waals surface area contributed by atoms with Gasteiger partial charge in [0.2, 0.25) is 11.0 Å². The minimum absolute atomic E-state index is 0.0844. The van der Waals surface area contributed by atoms with E-state index >= 15 is 0 Å². The first kappa shape index (κ1) is 23.7. The lowest BCUT2D eigenvalue weighted by Crippen LogP contribution is -2.50. The fourth-order valence-electron chi connectivity index (χ4n) is 3.78. The monoisotopic (exact) mass is 481 g/mol. The highest BCUT2D eigenvalue weighted by atomic mass is 32.1. The summed E-state index contributed by atoms with van der Waals surface area (Å²) >= 11 is 1.35. The molecule has 2 amide bonds. The van der Waals surface area contributed by atoms with Gasteiger partial charge < -0.3 is 14.4 Å². The van der Waals surface area contributed by atoms with Crippen LogP contribution in [0.2, 0.25) is 0 Å². The lowest BCUT2D eigenvalue weighted by atomic mass is 10.1. The fourth-order valence-corrected chi connectivity index (χ4v) is 4.63. The number of carbonyl (C=O) groups is 2. The van der Waals surface area contributed by atoms with Crippen molar-refractivity contribution in [3.8, 4) is 22.1 Å². The molecule has 1 saturated heterocycles. The number of nitrogens with one attached hydrogen (secondary N) is 1. The Balaban J connectivity index is 1.29. The van der Waals surface area contributed by atoms with Gasteiger partial charge in [-0.1, -0.05) is 35.6 Å². The Hall–Kier alpha value is -3.50. The van der Waals surface area contributed by atoms with Crippen LogP contribution in [0.3, 0.4) is 0 Å². The number of methoxy groups -OCH3 is 2. The molecule has 1 N–H and O–H groups in total. The van der Waals surface area contributed by atoms with Gasteiger partial charge in [-0.05, 0) is 24.6 Å². The standard InChI is InChI=1S/C24H27N5O4S/c1-16-6-4-5-7-20(16)22-26-27-24(34-22)25-21(30)15-28-8-10-29(11-9-28)23(31)17-12-18(32-2)14-19(13-17)33-3/h4-7,12-14H,8-11,15H2,1-3H3,(H,25,27,30). The molecule has 2 aromatic carbocycles. The highest BCUT2D eigenvalue weighted by Gasteiger charge is 2.24. The Bertz CT molecular complexity index is 1150. The molecule has 0 atom stereocenters. The van der Waals surface area contributed by atoms with E-state index < -0.39 is 0 Å². The van der Waals surface area contributed by atoms with E-state index in [0.29, 0.717) is 48.4 Å². The minimum Gasteiger partial charge on any atom is -0.497 e. The number of amides is 2. The first-order valence-corrected chi connectivity index (χ1v) is 11.7. The summed E-state index contributed by atoms with van der Waals surface area (Å²) in [5, 5.41) is 12.4. The number of aromatic nitrogens is 2. The zero-order valence-electron chi connectivity index (χ0n) is 19.4. The van der Waals surface area contributed by atoms with Crippen molar-refractivity contribution in [1.29, 1.82) is 0 Å². The summed E-state index contributed by atoms with van der Waals surface area (Å²) in [6, 6.07) is 13.1. The van der Waals surface area contributed by atoms with E-state index in [1.807, 2.05) is 36.1 Å². The highest BCUT2D eigenvalue weighted by Crippen LogP contribution is 2.28. The number of anilines is 1. The Kier molecular flexibility index (Phi) is 7.39. The van der Waals surface area contributed by atoms with Gasteiger partial charge in [-0.15, -0.1) is 10.2 Å². The average molecular weight is 482 g/mol. The second-order valence-corrected chi connectivity index (χ2v) is 8.92. The summed E-state index contributed by atoms with van der Waals surface area (Å²) in [6.45, 7) is 4.51. The van der Waals surface area contributed by atoms with E-state index in [2.05, 4.69) is 15.5 Å². The molecule has 0 aliphatic carbocycles. The molecule has 3 aromatic rings. The van der Waals surface area contributed by atoms with E-state index in [1.54, 1.807) is 37.3 Å². The van der Waals surface area contributed by atoms with Crippen LogP contribution in [0.15, 0.2) is 42.5 Å². The molecule has 9 nitrogen and oxygen atoms in total. The zero-order valence-corrected chi connectivity index (χ0v) is 20.2. The predicted octanol–water partition coefficient (Wildman–Crippen LogP) is 2.93. The van der Waals surface area contributed by atoms with Crippen LogP contribution < -0.4 is 14.8 Å². The van der Waals surface area contributed by atoms with Crippen LogP contribution in [0, 0.1) is 6.92 Å². The van der Waals surface area contributed by atoms with Gasteiger partial charge in [-0.25, -0.2) is 0 Å². The predicted molar refractivity (Wildman–Crippen MR) is 131 cm³/mol. The summed E-state index contributed by atoms with van der Waals surface area (Å²) in [5.74, 6) is 0.907. The summed E-state index contributed by atoms with van der Waals surface area (Å²) in [5.41, 5.74) is 2.63. The van der Waals surface area contributed by atoms with Gasteiger partial charge in [0.05, 0.1) is 20.8 Å². The van der Waals surface area contributed by atoms with Crippen LogP contribution in [-0.4, -0.2) is 78.8 Å².